The van der Waals surface area contributed by atoms with Crippen LogP contribution in [0.5, 0.6) is 0 Å². The van der Waals surface area contributed by atoms with E-state index in [0.29, 0.717) is 6.42 Å². The Morgan fingerprint density at radius 1 is 1.25 bits per heavy atom. The van der Waals surface area contributed by atoms with Crippen molar-refractivity contribution in [3.8, 4) is 5.69 Å². The molecule has 3 rings (SSSR count). The Hall–Kier alpha value is -1.90. The zero-order valence-corrected chi connectivity index (χ0v) is 9.10. The molecule has 0 N–H and O–H groups in total. The molecule has 1 aromatic heterocycles. The molecule has 0 fully saturated rings. The molecule has 0 radical (unpaired) electrons. The standard InChI is InChI=1S/C13H12N2O/c1-9-4-2-3-5-11(9)15-13-10(8-14-15)6-7-12(13)16/h2-5,8H,6-7H2,1H3. The van der Waals surface area contributed by atoms with Gasteiger partial charge in [0.05, 0.1) is 11.9 Å². The summed E-state index contributed by atoms with van der Waals surface area (Å²) < 4.78 is 1.78. The molecule has 0 spiro atoms. The topological polar surface area (TPSA) is 34.9 Å². The number of fused-ring (bicyclic) bond motifs is 1. The normalized spacial score (nSPS) is 14.2. The van der Waals surface area contributed by atoms with Crippen LogP contribution < -0.4 is 0 Å². The van der Waals surface area contributed by atoms with Crippen LogP contribution in [-0.4, -0.2) is 15.6 Å². The van der Waals surface area contributed by atoms with Crippen LogP contribution in [0, 0.1) is 6.92 Å². The first-order valence-electron chi connectivity index (χ1n) is 5.43. The molecule has 2 aromatic rings. The summed E-state index contributed by atoms with van der Waals surface area (Å²) >= 11 is 0. The molecule has 1 heterocycles. The predicted molar refractivity (Wildman–Crippen MR) is 61.0 cm³/mol. The second-order valence-corrected chi connectivity index (χ2v) is 4.14. The summed E-state index contributed by atoms with van der Waals surface area (Å²) in [6.45, 7) is 2.03. The smallest absolute Gasteiger partial charge is 0.181 e. The molecule has 0 saturated carbocycles. The van der Waals surface area contributed by atoms with Gasteiger partial charge in [0.2, 0.25) is 0 Å². The molecule has 3 heteroatoms. The van der Waals surface area contributed by atoms with Gasteiger partial charge in [-0.1, -0.05) is 18.2 Å². The van der Waals surface area contributed by atoms with Crippen molar-refractivity contribution >= 4 is 5.78 Å². The van der Waals surface area contributed by atoms with Crippen molar-refractivity contribution in [1.82, 2.24) is 9.78 Å². The Bertz CT molecular complexity index is 569. The first kappa shape index (κ1) is 9.33. The maximum absolute atomic E-state index is 11.8. The van der Waals surface area contributed by atoms with Gasteiger partial charge in [-0.25, -0.2) is 4.68 Å². The van der Waals surface area contributed by atoms with Crippen LogP contribution >= 0.6 is 0 Å². The number of carbonyl (C=O) groups is 1. The highest BCUT2D eigenvalue weighted by atomic mass is 16.1. The maximum Gasteiger partial charge on any atom is 0.181 e. The van der Waals surface area contributed by atoms with Crippen LogP contribution in [0.15, 0.2) is 30.5 Å². The number of benzene rings is 1. The number of aromatic nitrogens is 2. The molecule has 80 valence electrons. The number of rotatable bonds is 1. The summed E-state index contributed by atoms with van der Waals surface area (Å²) in [6, 6.07) is 7.98. The molecule has 0 bridgehead atoms. The fraction of sp³-hybridized carbons (Fsp3) is 0.231. The van der Waals surface area contributed by atoms with Gasteiger partial charge in [0.25, 0.3) is 0 Å². The zero-order chi connectivity index (χ0) is 11.1. The average molecular weight is 212 g/mol. The summed E-state index contributed by atoms with van der Waals surface area (Å²) in [5.74, 6) is 0.204. The third kappa shape index (κ3) is 1.21. The van der Waals surface area contributed by atoms with Gasteiger partial charge in [-0.3, -0.25) is 4.79 Å². The number of Topliss-reactive ketones (excluding diaryl/α,β-unsaturated/α-hetero) is 1. The SMILES string of the molecule is Cc1ccccc1-n1ncc2c1C(=O)CC2. The monoisotopic (exact) mass is 212 g/mol. The fourth-order valence-electron chi connectivity index (χ4n) is 2.21. The highest BCUT2D eigenvalue weighted by Crippen LogP contribution is 2.25. The molecule has 3 nitrogen and oxygen atoms in total. The van der Waals surface area contributed by atoms with Crippen molar-refractivity contribution < 1.29 is 4.79 Å². The van der Waals surface area contributed by atoms with Crippen LogP contribution in [0.3, 0.4) is 0 Å². The van der Waals surface area contributed by atoms with Crippen molar-refractivity contribution in [1.29, 1.82) is 0 Å². The lowest BCUT2D eigenvalue weighted by molar-refractivity contribution is 0.0987. The quantitative estimate of drug-likeness (QED) is 0.727. The number of aryl methyl sites for hydroxylation is 2. The fourth-order valence-corrected chi connectivity index (χ4v) is 2.21. The number of nitrogens with zero attached hydrogens (tertiary/aromatic N) is 2. The Kier molecular flexibility index (Phi) is 1.93. The van der Waals surface area contributed by atoms with Gasteiger partial charge in [-0.15, -0.1) is 0 Å². The van der Waals surface area contributed by atoms with Crippen molar-refractivity contribution in [2.24, 2.45) is 0 Å². The van der Waals surface area contributed by atoms with E-state index in [1.807, 2.05) is 37.4 Å². The molecule has 0 unspecified atom stereocenters. The Morgan fingerprint density at radius 2 is 2.06 bits per heavy atom. The Balaban J connectivity index is 2.22. The van der Waals surface area contributed by atoms with Crippen molar-refractivity contribution in [2.45, 2.75) is 19.8 Å². The Labute approximate surface area is 93.7 Å². The van der Waals surface area contributed by atoms with E-state index < -0.39 is 0 Å². The molecule has 0 aliphatic heterocycles. The zero-order valence-electron chi connectivity index (χ0n) is 9.10. The van der Waals surface area contributed by atoms with E-state index >= 15 is 0 Å². The van der Waals surface area contributed by atoms with Gasteiger partial charge in [0.15, 0.2) is 5.78 Å². The van der Waals surface area contributed by atoms with Gasteiger partial charge in [0, 0.05) is 12.0 Å². The van der Waals surface area contributed by atoms with E-state index in [4.69, 9.17) is 0 Å². The maximum atomic E-state index is 11.8. The van der Waals surface area contributed by atoms with E-state index in [2.05, 4.69) is 5.10 Å². The van der Waals surface area contributed by atoms with Crippen LogP contribution in [0.4, 0.5) is 0 Å². The van der Waals surface area contributed by atoms with Crippen LogP contribution in [-0.2, 0) is 6.42 Å². The summed E-state index contributed by atoms with van der Waals surface area (Å²) in [7, 11) is 0. The molecule has 0 saturated heterocycles. The number of para-hydroxylation sites is 1. The summed E-state index contributed by atoms with van der Waals surface area (Å²) in [5.41, 5.74) is 3.98. The first-order chi connectivity index (χ1) is 7.77. The third-order valence-electron chi connectivity index (χ3n) is 3.07. The van der Waals surface area contributed by atoms with E-state index in [9.17, 15) is 4.79 Å². The van der Waals surface area contributed by atoms with Gasteiger partial charge >= 0.3 is 0 Å². The lowest BCUT2D eigenvalue weighted by atomic mass is 10.2. The number of ketones is 1. The number of hydrogen-bond donors (Lipinski definition) is 0. The van der Waals surface area contributed by atoms with E-state index in [-0.39, 0.29) is 5.78 Å². The van der Waals surface area contributed by atoms with Gasteiger partial charge in [-0.05, 0) is 25.0 Å². The summed E-state index contributed by atoms with van der Waals surface area (Å²) in [6.07, 6.45) is 3.27. The largest absolute Gasteiger partial charge is 0.292 e. The van der Waals surface area contributed by atoms with Gasteiger partial charge < -0.3 is 0 Å². The lowest BCUT2D eigenvalue weighted by Crippen LogP contribution is -2.07. The number of hydrogen-bond acceptors (Lipinski definition) is 2. The predicted octanol–water partition coefficient (Wildman–Crippen LogP) is 2.31. The molecule has 0 atom stereocenters. The molecular weight excluding hydrogens is 200 g/mol. The second kappa shape index (κ2) is 3.30. The Morgan fingerprint density at radius 3 is 2.88 bits per heavy atom. The highest BCUT2D eigenvalue weighted by Gasteiger charge is 2.25. The minimum atomic E-state index is 0.204. The second-order valence-electron chi connectivity index (χ2n) is 4.14. The first-order valence-corrected chi connectivity index (χ1v) is 5.43. The van der Waals surface area contributed by atoms with E-state index in [0.717, 1.165) is 28.9 Å². The molecule has 1 aliphatic carbocycles. The summed E-state index contributed by atoms with van der Waals surface area (Å²) in [4.78, 5) is 11.8. The number of carbonyl (C=O) groups excluding carboxylic acids is 1. The summed E-state index contributed by atoms with van der Waals surface area (Å²) in [5, 5.41) is 4.32. The minimum absolute atomic E-state index is 0.204. The van der Waals surface area contributed by atoms with Crippen molar-refractivity contribution in [2.75, 3.05) is 0 Å². The van der Waals surface area contributed by atoms with Crippen LogP contribution in [0.25, 0.3) is 5.69 Å². The highest BCUT2D eigenvalue weighted by molar-refractivity contribution is 5.99. The minimum Gasteiger partial charge on any atom is -0.292 e. The molecule has 1 aliphatic rings. The van der Waals surface area contributed by atoms with E-state index in [1.54, 1.807) is 4.68 Å². The van der Waals surface area contributed by atoms with Crippen LogP contribution in [0.2, 0.25) is 0 Å². The van der Waals surface area contributed by atoms with Crippen LogP contribution in [0.1, 0.15) is 28.0 Å². The third-order valence-corrected chi connectivity index (χ3v) is 3.07. The van der Waals surface area contributed by atoms with Gasteiger partial charge in [0.1, 0.15) is 5.69 Å². The lowest BCUT2D eigenvalue weighted by Gasteiger charge is -2.07. The average Bonchev–Trinajstić information content (AvgIpc) is 2.83. The van der Waals surface area contributed by atoms with Gasteiger partial charge in [-0.2, -0.15) is 5.10 Å². The molecule has 1 aromatic carbocycles. The molecule has 0 amide bonds. The molecular formula is C13H12N2O. The van der Waals surface area contributed by atoms with Crippen molar-refractivity contribution in [3.05, 3.63) is 47.3 Å². The molecule has 16 heavy (non-hydrogen) atoms. The van der Waals surface area contributed by atoms with Crippen molar-refractivity contribution in [3.63, 3.8) is 0 Å². The van der Waals surface area contributed by atoms with E-state index in [1.165, 1.54) is 0 Å².